The van der Waals surface area contributed by atoms with Gasteiger partial charge < -0.3 is 25.7 Å². The molecule has 0 saturated carbocycles. The van der Waals surface area contributed by atoms with Crippen molar-refractivity contribution in [3.8, 4) is 0 Å². The van der Waals surface area contributed by atoms with Gasteiger partial charge >= 0.3 is 0 Å². The van der Waals surface area contributed by atoms with Crippen LogP contribution in [0, 0.1) is 0 Å². The van der Waals surface area contributed by atoms with Crippen molar-refractivity contribution in [2.24, 2.45) is 0 Å². The normalized spacial score (nSPS) is 14.0. The highest BCUT2D eigenvalue weighted by molar-refractivity contribution is 5.80. The third kappa shape index (κ3) is 43.8. The van der Waals surface area contributed by atoms with Crippen molar-refractivity contribution in [2.45, 2.75) is 314 Å². The van der Waals surface area contributed by atoms with Gasteiger partial charge in [-0.3, -0.25) is 4.79 Å². The van der Waals surface area contributed by atoms with E-state index >= 15 is 0 Å². The van der Waals surface area contributed by atoms with Crippen LogP contribution in [0.4, 0.5) is 0 Å². The molecule has 0 aromatic carbocycles. The summed E-state index contributed by atoms with van der Waals surface area (Å²) >= 11 is 0. The number of carbonyl (C=O) groups excluding carboxylic acids is 1. The molecule has 0 aromatic heterocycles. The third-order valence-electron chi connectivity index (χ3n) is 12.9. The van der Waals surface area contributed by atoms with Crippen molar-refractivity contribution in [3.63, 3.8) is 0 Å². The Bertz CT molecular complexity index is 924. The Morgan fingerprint density at radius 3 is 1.03 bits per heavy atom. The highest BCUT2D eigenvalue weighted by Crippen LogP contribution is 2.18. The largest absolute Gasteiger partial charge is 0.394 e. The molecule has 6 heteroatoms. The van der Waals surface area contributed by atoms with E-state index in [2.05, 4.69) is 43.5 Å². The van der Waals surface area contributed by atoms with Crippen LogP contribution < -0.4 is 5.32 Å². The van der Waals surface area contributed by atoms with Crippen molar-refractivity contribution in [1.82, 2.24) is 5.32 Å². The lowest BCUT2D eigenvalue weighted by molar-refractivity contribution is -0.132. The van der Waals surface area contributed by atoms with Crippen molar-refractivity contribution in [1.29, 1.82) is 0 Å². The fourth-order valence-electron chi connectivity index (χ4n) is 8.60. The van der Waals surface area contributed by atoms with Gasteiger partial charge in [0, 0.05) is 0 Å². The Labute approximate surface area is 380 Å². The minimum Gasteiger partial charge on any atom is -0.394 e. The molecule has 0 aliphatic carbocycles. The molecule has 0 saturated heterocycles. The SMILES string of the molecule is CCCCCCCCCC/C=C/CC/C=C/CCCC(O)C(O)C(CO)NC(=O)C(O)CCCCCCCCCCCCCCCCCCCCCCCCCCCCCC. The minimum atomic E-state index is -1.29. The number of aliphatic hydroxyl groups is 4. The molecule has 362 valence electrons. The van der Waals surface area contributed by atoms with Crippen LogP contribution in [0.5, 0.6) is 0 Å². The van der Waals surface area contributed by atoms with Gasteiger partial charge in [0.25, 0.3) is 0 Å². The van der Waals surface area contributed by atoms with Crippen LogP contribution in [0.15, 0.2) is 24.3 Å². The standard InChI is InChI=1S/C55H107NO5/c1-3-5-7-9-11-13-15-17-19-21-22-23-24-25-26-27-28-29-30-31-33-35-37-39-41-43-45-47-49-53(59)55(61)56-51(50-57)54(60)52(58)48-46-44-42-40-38-36-34-32-20-18-16-14-12-10-8-6-4-2/h32,34,40,42,51-54,57-60H,3-31,33,35-39,41,43-50H2,1-2H3,(H,56,61)/b34-32+,42-40+. The molecule has 0 radical (unpaired) electrons. The molecule has 0 rings (SSSR count). The maximum absolute atomic E-state index is 12.6. The van der Waals surface area contributed by atoms with E-state index in [4.69, 9.17) is 0 Å². The van der Waals surface area contributed by atoms with E-state index in [1.165, 1.54) is 218 Å². The van der Waals surface area contributed by atoms with Crippen LogP contribution in [0.1, 0.15) is 290 Å². The first kappa shape index (κ1) is 59.8. The summed E-state index contributed by atoms with van der Waals surface area (Å²) in [5, 5.41) is 43.9. The Morgan fingerprint density at radius 1 is 0.393 bits per heavy atom. The van der Waals surface area contributed by atoms with E-state index in [1.54, 1.807) is 0 Å². The second kappa shape index (κ2) is 49.8. The first-order valence-electron chi connectivity index (χ1n) is 27.2. The first-order chi connectivity index (χ1) is 30.0. The number of nitrogens with one attached hydrogen (secondary N) is 1. The van der Waals surface area contributed by atoms with Crippen LogP contribution >= 0.6 is 0 Å². The predicted octanol–water partition coefficient (Wildman–Crippen LogP) is 15.5. The number of hydrogen-bond acceptors (Lipinski definition) is 5. The molecule has 0 bridgehead atoms. The van der Waals surface area contributed by atoms with Crippen LogP contribution in [-0.2, 0) is 4.79 Å². The van der Waals surface area contributed by atoms with E-state index in [9.17, 15) is 25.2 Å². The third-order valence-corrected chi connectivity index (χ3v) is 12.9. The van der Waals surface area contributed by atoms with Gasteiger partial charge in [-0.15, -0.1) is 0 Å². The zero-order valence-corrected chi connectivity index (χ0v) is 40.9. The molecule has 0 aliphatic heterocycles. The summed E-state index contributed by atoms with van der Waals surface area (Å²) < 4.78 is 0. The number of aliphatic hydroxyl groups excluding tert-OH is 4. The van der Waals surface area contributed by atoms with Gasteiger partial charge in [0.1, 0.15) is 12.2 Å². The fraction of sp³-hybridized carbons (Fsp3) is 0.909. The van der Waals surface area contributed by atoms with Gasteiger partial charge in [0.05, 0.1) is 18.8 Å². The summed E-state index contributed by atoms with van der Waals surface area (Å²) in [5.41, 5.74) is 0. The molecule has 0 heterocycles. The second-order valence-corrected chi connectivity index (χ2v) is 18.9. The van der Waals surface area contributed by atoms with Crippen LogP contribution in [-0.4, -0.2) is 57.3 Å². The summed E-state index contributed by atoms with van der Waals surface area (Å²) in [4.78, 5) is 12.6. The molecular weight excluding hydrogens is 755 g/mol. The Balaban J connectivity index is 3.63. The van der Waals surface area contributed by atoms with Gasteiger partial charge in [-0.05, 0) is 51.4 Å². The summed E-state index contributed by atoms with van der Waals surface area (Å²) in [7, 11) is 0. The summed E-state index contributed by atoms with van der Waals surface area (Å²) in [6.45, 7) is 4.06. The molecule has 0 aliphatic rings. The molecule has 0 spiro atoms. The summed E-state index contributed by atoms with van der Waals surface area (Å²) in [6, 6.07) is -1.01. The van der Waals surface area contributed by atoms with Crippen molar-refractivity contribution >= 4 is 5.91 Å². The lowest BCUT2D eigenvalue weighted by atomic mass is 10.00. The zero-order chi connectivity index (χ0) is 44.5. The maximum Gasteiger partial charge on any atom is 0.249 e. The van der Waals surface area contributed by atoms with E-state index < -0.39 is 36.9 Å². The van der Waals surface area contributed by atoms with Crippen molar-refractivity contribution < 1.29 is 25.2 Å². The quantitative estimate of drug-likeness (QED) is 0.0309. The number of unbranched alkanes of at least 4 members (excludes halogenated alkanes) is 37. The average Bonchev–Trinajstić information content (AvgIpc) is 3.26. The van der Waals surface area contributed by atoms with Gasteiger partial charge in [-0.2, -0.15) is 0 Å². The summed E-state index contributed by atoms with van der Waals surface area (Å²) in [6.07, 6.45) is 59.6. The zero-order valence-electron chi connectivity index (χ0n) is 40.9. The number of allylic oxidation sites excluding steroid dienone is 4. The lowest BCUT2D eigenvalue weighted by Gasteiger charge is -2.27. The van der Waals surface area contributed by atoms with Gasteiger partial charge in [0.2, 0.25) is 5.91 Å². The molecule has 4 unspecified atom stereocenters. The Kier molecular flexibility index (Phi) is 48.8. The highest BCUT2D eigenvalue weighted by atomic mass is 16.3. The number of amides is 1. The van der Waals surface area contributed by atoms with Crippen LogP contribution in [0.2, 0.25) is 0 Å². The lowest BCUT2D eigenvalue weighted by Crippen LogP contribution is -2.53. The Hall–Kier alpha value is -1.21. The highest BCUT2D eigenvalue weighted by Gasteiger charge is 2.28. The van der Waals surface area contributed by atoms with Crippen molar-refractivity contribution in [3.05, 3.63) is 24.3 Å². The van der Waals surface area contributed by atoms with Gasteiger partial charge in [-0.1, -0.05) is 263 Å². The molecule has 4 atom stereocenters. The Morgan fingerprint density at radius 2 is 0.689 bits per heavy atom. The van der Waals surface area contributed by atoms with Crippen molar-refractivity contribution in [2.75, 3.05) is 6.61 Å². The van der Waals surface area contributed by atoms with Gasteiger partial charge in [0.15, 0.2) is 0 Å². The van der Waals surface area contributed by atoms with Crippen LogP contribution in [0.3, 0.4) is 0 Å². The molecular formula is C55H107NO5. The fourth-order valence-corrected chi connectivity index (χ4v) is 8.60. The molecule has 6 nitrogen and oxygen atoms in total. The molecule has 61 heavy (non-hydrogen) atoms. The van der Waals surface area contributed by atoms with Crippen LogP contribution in [0.25, 0.3) is 0 Å². The molecule has 0 aromatic rings. The monoisotopic (exact) mass is 862 g/mol. The number of hydrogen-bond donors (Lipinski definition) is 5. The van der Waals surface area contributed by atoms with E-state index in [-0.39, 0.29) is 0 Å². The second-order valence-electron chi connectivity index (χ2n) is 18.9. The van der Waals surface area contributed by atoms with Gasteiger partial charge in [-0.25, -0.2) is 0 Å². The predicted molar refractivity (Wildman–Crippen MR) is 265 cm³/mol. The average molecular weight is 862 g/mol. The smallest absolute Gasteiger partial charge is 0.249 e. The first-order valence-corrected chi connectivity index (χ1v) is 27.2. The topological polar surface area (TPSA) is 110 Å². The number of carbonyl (C=O) groups is 1. The molecule has 0 fully saturated rings. The molecule has 5 N–H and O–H groups in total. The molecule has 1 amide bonds. The van der Waals surface area contributed by atoms with E-state index in [0.717, 1.165) is 38.5 Å². The summed E-state index contributed by atoms with van der Waals surface area (Å²) in [5.74, 6) is -0.592. The van der Waals surface area contributed by atoms with E-state index in [0.29, 0.717) is 19.3 Å². The maximum atomic E-state index is 12.6. The number of rotatable bonds is 50. The van der Waals surface area contributed by atoms with E-state index in [1.807, 2.05) is 0 Å². The minimum absolute atomic E-state index is 0.365.